The molecule has 146 valence electrons. The first-order valence-corrected chi connectivity index (χ1v) is 8.95. The first-order valence-electron chi connectivity index (χ1n) is 8.95. The molecule has 2 amide bonds. The van der Waals surface area contributed by atoms with E-state index in [0.29, 0.717) is 13.1 Å². The van der Waals surface area contributed by atoms with Gasteiger partial charge in [0.05, 0.1) is 31.1 Å². The third-order valence-electron chi connectivity index (χ3n) is 4.96. The number of aromatic nitrogens is 2. The number of amides is 2. The van der Waals surface area contributed by atoms with Crippen molar-refractivity contribution >= 4 is 24.2 Å². The highest BCUT2D eigenvalue weighted by molar-refractivity contribution is 5.85. The predicted molar refractivity (Wildman–Crippen MR) is 98.5 cm³/mol. The van der Waals surface area contributed by atoms with Crippen LogP contribution in [-0.2, 0) is 34.0 Å². The molecule has 1 atom stereocenters. The Labute approximate surface area is 159 Å². The van der Waals surface area contributed by atoms with Crippen LogP contribution >= 0.6 is 12.4 Å². The van der Waals surface area contributed by atoms with Crippen LogP contribution < -0.4 is 11.1 Å². The molecule has 1 fully saturated rings. The number of carbonyl (C=O) groups is 2. The summed E-state index contributed by atoms with van der Waals surface area (Å²) in [6, 6.07) is 1.29. The summed E-state index contributed by atoms with van der Waals surface area (Å²) in [5.74, 6) is 0.239. The van der Waals surface area contributed by atoms with E-state index in [1.165, 1.54) is 7.11 Å². The van der Waals surface area contributed by atoms with E-state index in [9.17, 15) is 9.59 Å². The lowest BCUT2D eigenvalue weighted by Gasteiger charge is -2.30. The Morgan fingerprint density at radius 1 is 1.38 bits per heavy atom. The number of nitrogens with two attached hydrogens (primary N) is 1. The second-order valence-electron chi connectivity index (χ2n) is 6.87. The van der Waals surface area contributed by atoms with Crippen molar-refractivity contribution in [2.45, 2.75) is 51.4 Å². The highest BCUT2D eigenvalue weighted by Crippen LogP contribution is 2.29. The lowest BCUT2D eigenvalue weighted by molar-refractivity contribution is -0.138. The van der Waals surface area contributed by atoms with Crippen molar-refractivity contribution in [1.29, 1.82) is 0 Å². The summed E-state index contributed by atoms with van der Waals surface area (Å²) in [6.45, 7) is 2.69. The first kappa shape index (κ1) is 20.7. The van der Waals surface area contributed by atoms with Crippen molar-refractivity contribution in [3.05, 3.63) is 17.5 Å². The minimum atomic E-state index is -0.680. The molecule has 2 heterocycles. The molecule has 1 aromatic heterocycles. The molecule has 0 aromatic carbocycles. The number of nitrogens with one attached hydrogen (secondary N) is 1. The summed E-state index contributed by atoms with van der Waals surface area (Å²) in [6.07, 6.45) is 4.11. The van der Waals surface area contributed by atoms with Gasteiger partial charge in [0.2, 0.25) is 11.8 Å². The summed E-state index contributed by atoms with van der Waals surface area (Å²) < 4.78 is 6.83. The van der Waals surface area contributed by atoms with Gasteiger partial charge in [0.25, 0.3) is 0 Å². The van der Waals surface area contributed by atoms with Crippen LogP contribution in [0.4, 0.5) is 0 Å². The number of rotatable bonds is 6. The highest BCUT2D eigenvalue weighted by Gasteiger charge is 2.30. The summed E-state index contributed by atoms with van der Waals surface area (Å²) in [7, 11) is 1.51. The molecular formula is C17H28ClN5O3. The Bertz CT molecular complexity index is 632. The Morgan fingerprint density at radius 3 is 2.81 bits per heavy atom. The fourth-order valence-corrected chi connectivity index (χ4v) is 3.27. The number of halogens is 1. The van der Waals surface area contributed by atoms with E-state index in [2.05, 4.69) is 10.4 Å². The quantitative estimate of drug-likeness (QED) is 0.739. The van der Waals surface area contributed by atoms with E-state index in [1.54, 1.807) is 0 Å². The second-order valence-corrected chi connectivity index (χ2v) is 6.87. The van der Waals surface area contributed by atoms with Crippen molar-refractivity contribution in [1.82, 2.24) is 20.0 Å². The Balaban J connectivity index is 0.00000243. The summed E-state index contributed by atoms with van der Waals surface area (Å²) in [4.78, 5) is 26.3. The molecule has 3 rings (SSSR count). The van der Waals surface area contributed by atoms with Crippen molar-refractivity contribution in [2.75, 3.05) is 20.3 Å². The third kappa shape index (κ3) is 4.75. The minimum Gasteiger partial charge on any atom is -0.383 e. The molecule has 2 aliphatic rings. The van der Waals surface area contributed by atoms with Gasteiger partial charge in [0, 0.05) is 26.1 Å². The van der Waals surface area contributed by atoms with Gasteiger partial charge in [-0.2, -0.15) is 5.10 Å². The van der Waals surface area contributed by atoms with E-state index < -0.39 is 6.04 Å². The van der Waals surface area contributed by atoms with Crippen LogP contribution in [0.25, 0.3) is 0 Å². The van der Waals surface area contributed by atoms with Crippen molar-refractivity contribution in [3.63, 3.8) is 0 Å². The topological polar surface area (TPSA) is 102 Å². The van der Waals surface area contributed by atoms with Gasteiger partial charge in [-0.25, -0.2) is 0 Å². The fraction of sp³-hybridized carbons (Fsp3) is 0.706. The summed E-state index contributed by atoms with van der Waals surface area (Å²) in [5, 5.41) is 7.33. The van der Waals surface area contributed by atoms with Gasteiger partial charge in [-0.05, 0) is 25.3 Å². The van der Waals surface area contributed by atoms with Crippen LogP contribution in [0.2, 0.25) is 0 Å². The van der Waals surface area contributed by atoms with Crippen LogP contribution in [0.15, 0.2) is 6.07 Å². The molecule has 1 aliphatic heterocycles. The summed E-state index contributed by atoms with van der Waals surface area (Å²) in [5.41, 5.74) is 7.51. The van der Waals surface area contributed by atoms with Gasteiger partial charge >= 0.3 is 0 Å². The normalized spacial score (nSPS) is 18.2. The van der Waals surface area contributed by atoms with Crippen LogP contribution in [0.5, 0.6) is 0 Å². The lowest BCUT2D eigenvalue weighted by atomic mass is 9.84. The van der Waals surface area contributed by atoms with Crippen molar-refractivity contribution in [2.24, 2.45) is 11.7 Å². The van der Waals surface area contributed by atoms with Gasteiger partial charge in [-0.1, -0.05) is 6.42 Å². The van der Waals surface area contributed by atoms with Crippen molar-refractivity contribution in [3.8, 4) is 0 Å². The van der Waals surface area contributed by atoms with Gasteiger partial charge in [-0.3, -0.25) is 14.3 Å². The molecule has 8 nitrogen and oxygen atoms in total. The van der Waals surface area contributed by atoms with Gasteiger partial charge in [-0.15, -0.1) is 12.4 Å². The molecule has 9 heteroatoms. The van der Waals surface area contributed by atoms with E-state index in [0.717, 1.165) is 50.2 Å². The number of methoxy groups -OCH3 is 1. The molecule has 0 spiro atoms. The molecular weight excluding hydrogens is 358 g/mol. The zero-order valence-corrected chi connectivity index (χ0v) is 16.0. The largest absolute Gasteiger partial charge is 0.383 e. The van der Waals surface area contributed by atoms with Gasteiger partial charge in [0.1, 0.15) is 6.04 Å². The molecule has 0 unspecified atom stereocenters. The SMILES string of the molecule is COC[C@@H](N)C(=O)NCc1cc2n(n1)CCCN(C(=O)C1CCC1)C2.Cl. The number of nitrogens with zero attached hydrogens (tertiary/aromatic N) is 3. The van der Waals surface area contributed by atoms with E-state index in [1.807, 2.05) is 15.6 Å². The first-order chi connectivity index (χ1) is 12.1. The van der Waals surface area contributed by atoms with Crippen LogP contribution in [-0.4, -0.2) is 52.8 Å². The molecule has 3 N–H and O–H groups in total. The Hall–Kier alpha value is -1.64. The number of carbonyl (C=O) groups excluding carboxylic acids is 2. The molecule has 0 radical (unpaired) electrons. The minimum absolute atomic E-state index is 0. The molecule has 1 aliphatic carbocycles. The number of hydrogen-bond acceptors (Lipinski definition) is 5. The molecule has 1 aromatic rings. The van der Waals surface area contributed by atoms with Crippen LogP contribution in [0.3, 0.4) is 0 Å². The van der Waals surface area contributed by atoms with Crippen molar-refractivity contribution < 1.29 is 14.3 Å². The van der Waals surface area contributed by atoms with Gasteiger partial charge < -0.3 is 20.7 Å². The smallest absolute Gasteiger partial charge is 0.239 e. The number of hydrogen-bond donors (Lipinski definition) is 2. The monoisotopic (exact) mass is 385 g/mol. The fourth-order valence-electron chi connectivity index (χ4n) is 3.27. The third-order valence-corrected chi connectivity index (χ3v) is 4.96. The van der Waals surface area contributed by atoms with Gasteiger partial charge in [0.15, 0.2) is 0 Å². The van der Waals surface area contributed by atoms with E-state index >= 15 is 0 Å². The zero-order chi connectivity index (χ0) is 17.8. The van der Waals surface area contributed by atoms with Crippen LogP contribution in [0.1, 0.15) is 37.1 Å². The van der Waals surface area contributed by atoms with E-state index in [-0.39, 0.29) is 36.7 Å². The number of aryl methyl sites for hydroxylation is 1. The number of ether oxygens (including phenoxy) is 1. The Kier molecular flexibility index (Phi) is 7.43. The van der Waals surface area contributed by atoms with E-state index in [4.69, 9.17) is 10.5 Å². The maximum Gasteiger partial charge on any atom is 0.239 e. The molecule has 1 saturated carbocycles. The molecule has 0 bridgehead atoms. The second kappa shape index (κ2) is 9.34. The molecule has 26 heavy (non-hydrogen) atoms. The van der Waals surface area contributed by atoms with Crippen LogP contribution in [0, 0.1) is 5.92 Å². The Morgan fingerprint density at radius 2 is 2.15 bits per heavy atom. The maximum atomic E-state index is 12.5. The predicted octanol–water partition coefficient (Wildman–Crippen LogP) is 0.427. The standard InChI is InChI=1S/C17H27N5O3.ClH/c1-25-11-15(18)16(23)19-9-13-8-14-10-21(6-3-7-22(14)20-13)17(24)12-4-2-5-12;/h8,12,15H,2-7,9-11,18H2,1H3,(H,19,23);1H/t15-;/m1./s1. The average Bonchev–Trinajstić information content (AvgIpc) is 2.81. The summed E-state index contributed by atoms with van der Waals surface area (Å²) >= 11 is 0. The lowest BCUT2D eigenvalue weighted by Crippen LogP contribution is -2.43. The molecule has 0 saturated heterocycles. The average molecular weight is 386 g/mol. The number of fused-ring (bicyclic) bond motifs is 1. The maximum absolute atomic E-state index is 12.5. The highest BCUT2D eigenvalue weighted by atomic mass is 35.5. The zero-order valence-electron chi connectivity index (χ0n) is 15.1.